The lowest BCUT2D eigenvalue weighted by Gasteiger charge is -2.13. The number of methoxy groups -OCH3 is 1. The third-order valence-electron chi connectivity index (χ3n) is 4.47. The van der Waals surface area contributed by atoms with Gasteiger partial charge in [0.2, 0.25) is 10.0 Å². The largest absolute Gasteiger partial charge is 0.495 e. The van der Waals surface area contributed by atoms with Crippen LogP contribution in [-0.2, 0) is 16.6 Å². The third-order valence-corrected chi connectivity index (χ3v) is 6.13. The van der Waals surface area contributed by atoms with E-state index in [4.69, 9.17) is 16.3 Å². The second-order valence-corrected chi connectivity index (χ2v) is 8.76. The fourth-order valence-electron chi connectivity index (χ4n) is 2.80. The number of amides is 1. The summed E-state index contributed by atoms with van der Waals surface area (Å²) >= 11 is 6.00. The smallest absolute Gasteiger partial charge is 0.255 e. The van der Waals surface area contributed by atoms with E-state index in [2.05, 4.69) is 10.0 Å². The highest BCUT2D eigenvalue weighted by molar-refractivity contribution is 7.89. The molecule has 0 bridgehead atoms. The molecule has 0 saturated heterocycles. The molecule has 0 atom stereocenters. The Morgan fingerprint density at radius 2 is 1.77 bits per heavy atom. The Bertz CT molecular complexity index is 1170. The lowest BCUT2D eigenvalue weighted by Crippen LogP contribution is -2.24. The molecule has 6 nitrogen and oxygen atoms in total. The number of hydrogen-bond donors (Lipinski definition) is 2. The highest BCUT2D eigenvalue weighted by atomic mass is 35.5. The predicted molar refractivity (Wildman–Crippen MR) is 118 cm³/mol. The molecule has 0 fully saturated rings. The molecule has 8 heteroatoms. The fourth-order valence-corrected chi connectivity index (χ4v) is 4.19. The van der Waals surface area contributed by atoms with Gasteiger partial charge in [-0.2, -0.15) is 0 Å². The van der Waals surface area contributed by atoms with Gasteiger partial charge in [-0.15, -0.1) is 0 Å². The Morgan fingerprint density at radius 1 is 1.03 bits per heavy atom. The normalized spacial score (nSPS) is 11.2. The first-order valence-electron chi connectivity index (χ1n) is 9.09. The molecule has 3 aromatic rings. The van der Waals surface area contributed by atoms with Crippen LogP contribution in [-0.4, -0.2) is 21.4 Å². The van der Waals surface area contributed by atoms with Crippen LogP contribution in [0.4, 0.5) is 5.69 Å². The standard InChI is InChI=1S/C22H21ClN2O4S/c1-15-8-10-18(23)13-19(15)25-22(26)17-9-11-20(29-2)21(12-17)30(27,28)24-14-16-6-4-3-5-7-16/h3-13,24H,14H2,1-2H3,(H,25,26). The molecule has 3 rings (SSSR count). The molecule has 0 aromatic heterocycles. The first kappa shape index (κ1) is 21.8. The van der Waals surface area contributed by atoms with Crippen molar-refractivity contribution in [2.24, 2.45) is 0 Å². The Labute approximate surface area is 180 Å². The van der Waals surface area contributed by atoms with Crippen molar-refractivity contribution in [3.05, 3.63) is 88.4 Å². The monoisotopic (exact) mass is 444 g/mol. The molecule has 3 aromatic carbocycles. The number of carbonyl (C=O) groups excluding carboxylic acids is 1. The molecular weight excluding hydrogens is 424 g/mol. The van der Waals surface area contributed by atoms with Gasteiger partial charge in [0.15, 0.2) is 0 Å². The Balaban J connectivity index is 1.87. The van der Waals surface area contributed by atoms with Crippen molar-refractivity contribution < 1.29 is 17.9 Å². The molecule has 156 valence electrons. The number of hydrogen-bond acceptors (Lipinski definition) is 4. The summed E-state index contributed by atoms with van der Waals surface area (Å²) in [6, 6.07) is 18.5. The summed E-state index contributed by atoms with van der Waals surface area (Å²) in [4.78, 5) is 12.6. The number of anilines is 1. The van der Waals surface area contributed by atoms with Crippen LogP contribution in [0.15, 0.2) is 71.6 Å². The third kappa shape index (κ3) is 5.18. The van der Waals surface area contributed by atoms with E-state index < -0.39 is 15.9 Å². The zero-order valence-corrected chi connectivity index (χ0v) is 18.0. The minimum atomic E-state index is -3.92. The van der Waals surface area contributed by atoms with Gasteiger partial charge in [-0.05, 0) is 48.4 Å². The molecule has 0 aliphatic heterocycles. The quantitative estimate of drug-likeness (QED) is 0.566. The van der Waals surface area contributed by atoms with E-state index in [9.17, 15) is 13.2 Å². The Morgan fingerprint density at radius 3 is 2.47 bits per heavy atom. The van der Waals surface area contributed by atoms with Crippen molar-refractivity contribution in [2.45, 2.75) is 18.4 Å². The highest BCUT2D eigenvalue weighted by Crippen LogP contribution is 2.26. The number of aryl methyl sites for hydroxylation is 1. The van der Waals surface area contributed by atoms with Crippen molar-refractivity contribution >= 4 is 33.2 Å². The molecule has 0 saturated carbocycles. The number of ether oxygens (including phenoxy) is 1. The van der Waals surface area contributed by atoms with E-state index in [1.165, 1.54) is 25.3 Å². The van der Waals surface area contributed by atoms with E-state index in [1.54, 1.807) is 18.2 Å². The summed E-state index contributed by atoms with van der Waals surface area (Å²) in [7, 11) is -2.55. The number of rotatable bonds is 7. The van der Waals surface area contributed by atoms with Crippen molar-refractivity contribution in [1.29, 1.82) is 0 Å². The molecule has 0 unspecified atom stereocenters. The summed E-state index contributed by atoms with van der Waals surface area (Å²) in [5.74, 6) is -0.312. The summed E-state index contributed by atoms with van der Waals surface area (Å²) in [5, 5.41) is 3.25. The number of carbonyl (C=O) groups is 1. The average Bonchev–Trinajstić information content (AvgIpc) is 2.75. The van der Waals surface area contributed by atoms with E-state index in [-0.39, 0.29) is 22.8 Å². The van der Waals surface area contributed by atoms with Gasteiger partial charge in [-0.3, -0.25) is 4.79 Å². The molecule has 0 radical (unpaired) electrons. The molecule has 0 spiro atoms. The molecular formula is C22H21ClN2O4S. The van der Waals surface area contributed by atoms with Gasteiger partial charge in [-0.25, -0.2) is 13.1 Å². The van der Waals surface area contributed by atoms with Crippen molar-refractivity contribution in [2.75, 3.05) is 12.4 Å². The lowest BCUT2D eigenvalue weighted by atomic mass is 10.1. The second kappa shape index (κ2) is 9.30. The minimum Gasteiger partial charge on any atom is -0.495 e. The van der Waals surface area contributed by atoms with Crippen LogP contribution in [0, 0.1) is 6.92 Å². The van der Waals surface area contributed by atoms with Crippen LogP contribution in [0.3, 0.4) is 0 Å². The van der Waals surface area contributed by atoms with Crippen LogP contribution in [0.25, 0.3) is 0 Å². The lowest BCUT2D eigenvalue weighted by molar-refractivity contribution is 0.102. The summed E-state index contributed by atoms with van der Waals surface area (Å²) in [6.07, 6.45) is 0. The molecule has 1 amide bonds. The van der Waals surface area contributed by atoms with E-state index in [0.29, 0.717) is 10.7 Å². The predicted octanol–water partition coefficient (Wildman–Crippen LogP) is 4.39. The van der Waals surface area contributed by atoms with Gasteiger partial charge in [0.1, 0.15) is 10.6 Å². The Hall–Kier alpha value is -2.87. The van der Waals surface area contributed by atoms with E-state index >= 15 is 0 Å². The average molecular weight is 445 g/mol. The van der Waals surface area contributed by atoms with Crippen molar-refractivity contribution in [1.82, 2.24) is 4.72 Å². The van der Waals surface area contributed by atoms with Crippen LogP contribution in [0.5, 0.6) is 5.75 Å². The first-order chi connectivity index (χ1) is 14.3. The van der Waals surface area contributed by atoms with Crippen molar-refractivity contribution in [3.8, 4) is 5.75 Å². The summed E-state index contributed by atoms with van der Waals surface area (Å²) < 4.78 is 33.5. The molecule has 0 aliphatic rings. The fraction of sp³-hybridized carbons (Fsp3) is 0.136. The van der Waals surface area contributed by atoms with Gasteiger partial charge in [0, 0.05) is 22.8 Å². The van der Waals surface area contributed by atoms with Gasteiger partial charge < -0.3 is 10.1 Å². The SMILES string of the molecule is COc1ccc(C(=O)Nc2cc(Cl)ccc2C)cc1S(=O)(=O)NCc1ccccc1. The molecule has 30 heavy (non-hydrogen) atoms. The molecule has 0 aliphatic carbocycles. The number of sulfonamides is 1. The van der Waals surface area contributed by atoms with Crippen LogP contribution < -0.4 is 14.8 Å². The number of nitrogens with one attached hydrogen (secondary N) is 2. The topological polar surface area (TPSA) is 84.5 Å². The van der Waals surface area contributed by atoms with Gasteiger partial charge >= 0.3 is 0 Å². The van der Waals surface area contributed by atoms with E-state index in [0.717, 1.165) is 11.1 Å². The van der Waals surface area contributed by atoms with Gasteiger partial charge in [0.05, 0.1) is 7.11 Å². The summed E-state index contributed by atoms with van der Waals surface area (Å²) in [5.41, 5.74) is 2.37. The number of halogens is 1. The second-order valence-electron chi connectivity index (χ2n) is 6.59. The zero-order chi connectivity index (χ0) is 21.7. The number of benzene rings is 3. The van der Waals surface area contributed by atoms with Crippen LogP contribution in [0.2, 0.25) is 5.02 Å². The maximum absolute atomic E-state index is 12.9. The van der Waals surface area contributed by atoms with Gasteiger partial charge in [-0.1, -0.05) is 48.0 Å². The highest BCUT2D eigenvalue weighted by Gasteiger charge is 2.22. The summed E-state index contributed by atoms with van der Waals surface area (Å²) in [6.45, 7) is 1.95. The van der Waals surface area contributed by atoms with Crippen LogP contribution >= 0.6 is 11.6 Å². The zero-order valence-electron chi connectivity index (χ0n) is 16.5. The van der Waals surface area contributed by atoms with Crippen molar-refractivity contribution in [3.63, 3.8) is 0 Å². The molecule has 0 heterocycles. The maximum atomic E-state index is 12.9. The van der Waals surface area contributed by atoms with Gasteiger partial charge in [0.25, 0.3) is 5.91 Å². The maximum Gasteiger partial charge on any atom is 0.255 e. The first-order valence-corrected chi connectivity index (χ1v) is 11.0. The minimum absolute atomic E-state index is 0.114. The Kier molecular flexibility index (Phi) is 6.77. The van der Waals surface area contributed by atoms with E-state index in [1.807, 2.05) is 37.3 Å². The molecule has 2 N–H and O–H groups in total. The van der Waals surface area contributed by atoms with Crippen LogP contribution in [0.1, 0.15) is 21.5 Å².